The minimum absolute atomic E-state index is 0.765. The second-order valence-corrected chi connectivity index (χ2v) is 2.05. The maximum Gasteiger partial charge on any atom is 0.0994 e. The highest BCUT2D eigenvalue weighted by Gasteiger charge is 1.94. The van der Waals surface area contributed by atoms with Gasteiger partial charge in [-0.25, -0.2) is 0 Å². The summed E-state index contributed by atoms with van der Waals surface area (Å²) in [6.07, 6.45) is 0.903. The first-order chi connectivity index (χ1) is 4.88. The molecule has 1 nitrogen and oxygen atoms in total. The van der Waals surface area contributed by atoms with Crippen LogP contribution in [-0.2, 0) is 6.42 Å². The summed E-state index contributed by atoms with van der Waals surface area (Å²) >= 11 is 0. The third kappa shape index (κ3) is 1.16. The van der Waals surface area contributed by atoms with Crippen LogP contribution in [0, 0.1) is 17.4 Å². The van der Waals surface area contributed by atoms with Gasteiger partial charge in [-0.15, -0.1) is 0 Å². The summed E-state index contributed by atoms with van der Waals surface area (Å²) in [5.41, 5.74) is 1.84. The van der Waals surface area contributed by atoms with Crippen molar-refractivity contribution in [1.82, 2.24) is 0 Å². The quantitative estimate of drug-likeness (QED) is 0.569. The Morgan fingerprint density at radius 1 is 1.70 bits per heavy atom. The summed E-state index contributed by atoms with van der Waals surface area (Å²) in [7, 11) is 0. The molecule has 0 aromatic heterocycles. The Labute approximate surface area is 60.9 Å². The fourth-order valence-corrected chi connectivity index (χ4v) is 0.867. The molecule has 0 heterocycles. The van der Waals surface area contributed by atoms with E-state index in [1.54, 1.807) is 12.1 Å². The molecule has 1 rings (SSSR count). The predicted octanol–water partition coefficient (Wildman–Crippen LogP) is 1.92. The average Bonchev–Trinajstić information content (AvgIpc) is 2.04. The van der Waals surface area contributed by atoms with Gasteiger partial charge in [0.15, 0.2) is 0 Å². The van der Waals surface area contributed by atoms with E-state index in [1.807, 2.05) is 13.0 Å². The van der Waals surface area contributed by atoms with E-state index in [1.165, 1.54) is 0 Å². The smallest absolute Gasteiger partial charge is 0.0994 e. The van der Waals surface area contributed by atoms with Crippen LogP contribution in [0.4, 0.5) is 0 Å². The number of aryl methyl sites for hydroxylation is 1. The van der Waals surface area contributed by atoms with Gasteiger partial charge in [-0.2, -0.15) is 5.26 Å². The van der Waals surface area contributed by atoms with Crippen molar-refractivity contribution in [2.45, 2.75) is 13.3 Å². The molecule has 0 unspecified atom stereocenters. The molecule has 1 heteroatoms. The molecule has 0 saturated carbocycles. The molecule has 1 aromatic rings. The first kappa shape index (κ1) is 6.82. The first-order valence-electron chi connectivity index (χ1n) is 3.27. The number of hydrogen-bond donors (Lipinski definition) is 0. The highest BCUT2D eigenvalue weighted by atomic mass is 14.2. The molecule has 0 fully saturated rings. The lowest BCUT2D eigenvalue weighted by atomic mass is 10.1. The zero-order chi connectivity index (χ0) is 7.40. The van der Waals surface area contributed by atoms with Crippen molar-refractivity contribution < 1.29 is 0 Å². The van der Waals surface area contributed by atoms with E-state index in [-0.39, 0.29) is 0 Å². The van der Waals surface area contributed by atoms with Crippen LogP contribution in [0.2, 0.25) is 0 Å². The highest BCUT2D eigenvalue weighted by molar-refractivity contribution is 5.36. The van der Waals surface area contributed by atoms with Gasteiger partial charge in [-0.05, 0) is 30.2 Å². The predicted molar refractivity (Wildman–Crippen MR) is 39.4 cm³/mol. The Morgan fingerprint density at radius 3 is 3.00 bits per heavy atom. The van der Waals surface area contributed by atoms with Crippen LogP contribution >= 0.6 is 0 Å². The minimum Gasteiger partial charge on any atom is -0.192 e. The maximum atomic E-state index is 8.59. The van der Waals surface area contributed by atoms with E-state index in [9.17, 15) is 0 Å². The Bertz CT molecular complexity index is 258. The Morgan fingerprint density at radius 2 is 2.50 bits per heavy atom. The monoisotopic (exact) mass is 130 g/mol. The van der Waals surface area contributed by atoms with Crippen LogP contribution in [0.25, 0.3) is 0 Å². The molecule has 10 heavy (non-hydrogen) atoms. The highest BCUT2D eigenvalue weighted by Crippen LogP contribution is 2.06. The van der Waals surface area contributed by atoms with Crippen LogP contribution < -0.4 is 0 Å². The fraction of sp³-hybridized carbons (Fsp3) is 0.222. The van der Waals surface area contributed by atoms with Crippen molar-refractivity contribution in [2.24, 2.45) is 0 Å². The Kier molecular flexibility index (Phi) is 2.07. The normalized spacial score (nSPS) is 8.80. The van der Waals surface area contributed by atoms with Crippen LogP contribution in [0.5, 0.6) is 0 Å². The van der Waals surface area contributed by atoms with Gasteiger partial charge < -0.3 is 0 Å². The molecular formula is C9H8N. The van der Waals surface area contributed by atoms with Crippen LogP contribution in [-0.4, -0.2) is 0 Å². The topological polar surface area (TPSA) is 23.8 Å². The minimum atomic E-state index is 0.765. The summed E-state index contributed by atoms with van der Waals surface area (Å²) in [6.45, 7) is 2.03. The van der Waals surface area contributed by atoms with Gasteiger partial charge >= 0.3 is 0 Å². The molecule has 49 valence electrons. The lowest BCUT2D eigenvalue weighted by Gasteiger charge is -1.95. The van der Waals surface area contributed by atoms with E-state index < -0.39 is 0 Å². The maximum absolute atomic E-state index is 8.59. The van der Waals surface area contributed by atoms with Gasteiger partial charge in [0.05, 0.1) is 11.6 Å². The Hall–Kier alpha value is -1.29. The van der Waals surface area contributed by atoms with Gasteiger partial charge in [0.1, 0.15) is 0 Å². The third-order valence-corrected chi connectivity index (χ3v) is 1.45. The van der Waals surface area contributed by atoms with Gasteiger partial charge in [0.2, 0.25) is 0 Å². The molecule has 1 aromatic carbocycles. The number of benzene rings is 1. The molecule has 1 radical (unpaired) electrons. The van der Waals surface area contributed by atoms with Crippen LogP contribution in [0.3, 0.4) is 0 Å². The largest absolute Gasteiger partial charge is 0.192 e. The van der Waals surface area contributed by atoms with Gasteiger partial charge in [0, 0.05) is 0 Å². The van der Waals surface area contributed by atoms with Crippen LogP contribution in [0.1, 0.15) is 18.1 Å². The van der Waals surface area contributed by atoms with E-state index in [2.05, 4.69) is 12.1 Å². The lowest BCUT2D eigenvalue weighted by molar-refractivity contribution is 1.13. The summed E-state index contributed by atoms with van der Waals surface area (Å²) in [6, 6.07) is 10.5. The van der Waals surface area contributed by atoms with Gasteiger partial charge in [0.25, 0.3) is 0 Å². The van der Waals surface area contributed by atoms with Crippen molar-refractivity contribution >= 4 is 0 Å². The van der Waals surface area contributed by atoms with Gasteiger partial charge in [-0.3, -0.25) is 0 Å². The van der Waals surface area contributed by atoms with Crippen molar-refractivity contribution in [2.75, 3.05) is 0 Å². The molecule has 0 bridgehead atoms. The number of nitrogens with zero attached hydrogens (tertiary/aromatic N) is 1. The zero-order valence-electron chi connectivity index (χ0n) is 5.89. The van der Waals surface area contributed by atoms with Crippen molar-refractivity contribution in [3.05, 3.63) is 35.4 Å². The number of nitriles is 1. The third-order valence-electron chi connectivity index (χ3n) is 1.45. The summed E-state index contributed by atoms with van der Waals surface area (Å²) in [4.78, 5) is 0. The van der Waals surface area contributed by atoms with Crippen LogP contribution in [0.15, 0.2) is 18.2 Å². The number of hydrogen-bond acceptors (Lipinski definition) is 1. The molecule has 0 aliphatic heterocycles. The molecule has 0 aliphatic rings. The van der Waals surface area contributed by atoms with Crippen molar-refractivity contribution in [3.63, 3.8) is 0 Å². The number of rotatable bonds is 1. The first-order valence-corrected chi connectivity index (χ1v) is 3.27. The average molecular weight is 130 g/mol. The van der Waals surface area contributed by atoms with E-state index in [0.717, 1.165) is 17.5 Å². The zero-order valence-corrected chi connectivity index (χ0v) is 5.89. The molecule has 0 saturated heterocycles. The lowest BCUT2D eigenvalue weighted by Crippen LogP contribution is -1.84. The standard InChI is InChI=1S/C9H8N/c1-2-8-5-3-4-6-9(8)7-10/h4-6H,2H2,1H3. The van der Waals surface area contributed by atoms with E-state index >= 15 is 0 Å². The summed E-state index contributed by atoms with van der Waals surface area (Å²) in [5.74, 6) is 0. The second-order valence-electron chi connectivity index (χ2n) is 2.05. The van der Waals surface area contributed by atoms with E-state index in [4.69, 9.17) is 5.26 Å². The van der Waals surface area contributed by atoms with E-state index in [0.29, 0.717) is 0 Å². The second kappa shape index (κ2) is 3.03. The summed E-state index contributed by atoms with van der Waals surface area (Å²) in [5, 5.41) is 8.59. The molecule has 0 amide bonds. The van der Waals surface area contributed by atoms with Gasteiger partial charge in [-0.1, -0.05) is 13.0 Å². The molecule has 0 aliphatic carbocycles. The molecule has 0 N–H and O–H groups in total. The SMILES string of the molecule is CCc1c[c]ccc1C#N. The molecule has 0 spiro atoms. The van der Waals surface area contributed by atoms with Crippen molar-refractivity contribution in [1.29, 1.82) is 5.26 Å². The summed E-state index contributed by atoms with van der Waals surface area (Å²) < 4.78 is 0. The Balaban J connectivity index is 3.12. The molecule has 0 atom stereocenters. The molecular weight excluding hydrogens is 122 g/mol. The fourth-order valence-electron chi connectivity index (χ4n) is 0.867. The van der Waals surface area contributed by atoms with Crippen molar-refractivity contribution in [3.8, 4) is 6.07 Å².